The molecule has 0 fully saturated rings. The van der Waals surface area contributed by atoms with Gasteiger partial charge in [-0.3, -0.25) is 4.40 Å². The molecule has 0 atom stereocenters. The van der Waals surface area contributed by atoms with Gasteiger partial charge in [-0.15, -0.1) is 22.7 Å². The molecule has 0 saturated carbocycles. The predicted octanol–water partition coefficient (Wildman–Crippen LogP) is 9.53. The van der Waals surface area contributed by atoms with Gasteiger partial charge in [-0.05, 0) is 47.9 Å². The number of imidazole rings is 1. The maximum atomic E-state index is 5.21. The molecule has 0 aliphatic rings. The quantitative estimate of drug-likeness (QED) is 0.198. The highest BCUT2D eigenvalue weighted by Crippen LogP contribution is 2.44. The lowest BCUT2D eigenvalue weighted by atomic mass is 10.0. The summed E-state index contributed by atoms with van der Waals surface area (Å²) in [5.41, 5.74) is 4.49. The van der Waals surface area contributed by atoms with Crippen molar-refractivity contribution in [2.75, 3.05) is 0 Å². The zero-order valence-electron chi connectivity index (χ0n) is 18.4. The van der Waals surface area contributed by atoms with Crippen LogP contribution in [0.3, 0.4) is 0 Å². The largest absolute Gasteiger partial charge is 0.291 e. The van der Waals surface area contributed by atoms with Crippen LogP contribution in [0.4, 0.5) is 0 Å². The van der Waals surface area contributed by atoms with Crippen LogP contribution < -0.4 is 0 Å². The maximum absolute atomic E-state index is 5.21. The van der Waals surface area contributed by atoms with Crippen molar-refractivity contribution in [3.05, 3.63) is 97.1 Å². The fourth-order valence-corrected chi connectivity index (χ4v) is 8.10. The third-order valence-electron chi connectivity index (χ3n) is 7.35. The molecule has 4 heteroatoms. The van der Waals surface area contributed by atoms with Crippen LogP contribution >= 0.6 is 22.7 Å². The molecule has 2 nitrogen and oxygen atoms in total. The molecule has 0 saturated heterocycles. The number of fused-ring (bicyclic) bond motifs is 15. The number of hydrogen-bond acceptors (Lipinski definition) is 3. The lowest BCUT2D eigenvalue weighted by Crippen LogP contribution is -1.92. The Bertz CT molecular complexity index is 2330. The molecule has 9 rings (SSSR count). The molecular formula is C31H16N2S2. The Hall–Kier alpha value is -3.99. The van der Waals surface area contributed by atoms with Gasteiger partial charge >= 0.3 is 0 Å². The summed E-state index contributed by atoms with van der Waals surface area (Å²) in [4.78, 5) is 5.21. The van der Waals surface area contributed by atoms with E-state index in [1.54, 1.807) is 0 Å². The van der Waals surface area contributed by atoms with E-state index in [1.807, 2.05) is 22.7 Å². The molecule has 5 aromatic carbocycles. The second kappa shape index (κ2) is 6.36. The molecule has 35 heavy (non-hydrogen) atoms. The standard InChI is InChI=1S/C31H16N2S2/c1-5-11-25-17(7-1)21-15-22-20(16-28(21)35-25)18-13-14-27-29(19-8-2-6-12-26(19)34-27)30(18)33-24-10-4-3-9-23(24)32-31(22)33/h1-16H. The van der Waals surface area contributed by atoms with E-state index in [-0.39, 0.29) is 0 Å². The second-order valence-corrected chi connectivity index (χ2v) is 11.4. The van der Waals surface area contributed by atoms with Crippen molar-refractivity contribution >= 4 is 101 Å². The second-order valence-electron chi connectivity index (χ2n) is 9.18. The van der Waals surface area contributed by atoms with E-state index < -0.39 is 0 Å². The summed E-state index contributed by atoms with van der Waals surface area (Å²) in [6, 6.07) is 35.4. The Labute approximate surface area is 207 Å². The minimum atomic E-state index is 1.04. The first-order valence-corrected chi connectivity index (χ1v) is 13.4. The molecule has 4 heterocycles. The summed E-state index contributed by atoms with van der Waals surface area (Å²) in [5.74, 6) is 0. The van der Waals surface area contributed by atoms with Gasteiger partial charge < -0.3 is 0 Å². The summed E-state index contributed by atoms with van der Waals surface area (Å²) in [6.45, 7) is 0. The Morgan fingerprint density at radius 1 is 0.514 bits per heavy atom. The number of thiophene rings is 2. The zero-order valence-corrected chi connectivity index (χ0v) is 20.1. The lowest BCUT2D eigenvalue weighted by Gasteiger charge is -2.11. The smallest absolute Gasteiger partial charge is 0.146 e. The van der Waals surface area contributed by atoms with Crippen molar-refractivity contribution in [1.82, 2.24) is 9.38 Å². The molecular weight excluding hydrogens is 464 g/mol. The van der Waals surface area contributed by atoms with E-state index in [1.165, 1.54) is 62.0 Å². The molecule has 0 amide bonds. The Balaban J connectivity index is 1.65. The van der Waals surface area contributed by atoms with Crippen LogP contribution in [-0.4, -0.2) is 9.38 Å². The molecule has 162 valence electrons. The molecule has 9 aromatic rings. The number of pyridine rings is 1. The van der Waals surface area contributed by atoms with Gasteiger partial charge in [0.1, 0.15) is 5.65 Å². The van der Waals surface area contributed by atoms with Gasteiger partial charge in [0.15, 0.2) is 0 Å². The van der Waals surface area contributed by atoms with Crippen LogP contribution in [0.15, 0.2) is 97.1 Å². The Morgan fingerprint density at radius 2 is 1.26 bits per heavy atom. The van der Waals surface area contributed by atoms with Gasteiger partial charge in [0.2, 0.25) is 0 Å². The normalized spacial score (nSPS) is 12.6. The van der Waals surface area contributed by atoms with E-state index >= 15 is 0 Å². The number of nitrogens with zero attached hydrogens (tertiary/aromatic N) is 2. The third kappa shape index (κ3) is 2.26. The van der Waals surface area contributed by atoms with Gasteiger partial charge in [-0.1, -0.05) is 54.6 Å². The fourth-order valence-electron chi connectivity index (χ4n) is 5.86. The molecule has 0 spiro atoms. The van der Waals surface area contributed by atoms with Crippen LogP contribution in [-0.2, 0) is 0 Å². The monoisotopic (exact) mass is 480 g/mol. The van der Waals surface area contributed by atoms with Gasteiger partial charge in [0.05, 0.1) is 16.6 Å². The van der Waals surface area contributed by atoms with Gasteiger partial charge in [-0.25, -0.2) is 4.98 Å². The Kier molecular flexibility index (Phi) is 3.34. The first kappa shape index (κ1) is 18.4. The minimum absolute atomic E-state index is 1.04. The summed E-state index contributed by atoms with van der Waals surface area (Å²) in [7, 11) is 0. The molecule has 0 radical (unpaired) electrons. The van der Waals surface area contributed by atoms with Crippen molar-refractivity contribution in [2.24, 2.45) is 0 Å². The summed E-state index contributed by atoms with van der Waals surface area (Å²) < 4.78 is 7.72. The summed E-state index contributed by atoms with van der Waals surface area (Å²) >= 11 is 3.75. The average Bonchev–Trinajstić information content (AvgIpc) is 3.58. The number of aromatic nitrogens is 2. The van der Waals surface area contributed by atoms with Crippen molar-refractivity contribution in [1.29, 1.82) is 0 Å². The molecule has 0 N–H and O–H groups in total. The number of para-hydroxylation sites is 2. The van der Waals surface area contributed by atoms with Crippen LogP contribution in [0.1, 0.15) is 0 Å². The number of benzene rings is 5. The van der Waals surface area contributed by atoms with Crippen molar-refractivity contribution in [3.8, 4) is 0 Å². The van der Waals surface area contributed by atoms with Crippen LogP contribution in [0, 0.1) is 0 Å². The van der Waals surface area contributed by atoms with Gasteiger partial charge in [-0.2, -0.15) is 0 Å². The molecule has 0 unspecified atom stereocenters. The fraction of sp³-hybridized carbons (Fsp3) is 0. The third-order valence-corrected chi connectivity index (χ3v) is 9.62. The number of rotatable bonds is 0. The Morgan fingerprint density at radius 3 is 2.17 bits per heavy atom. The van der Waals surface area contributed by atoms with E-state index in [4.69, 9.17) is 4.98 Å². The van der Waals surface area contributed by atoms with Crippen LogP contribution in [0.2, 0.25) is 0 Å². The van der Waals surface area contributed by atoms with Crippen LogP contribution in [0.25, 0.3) is 78.7 Å². The lowest BCUT2D eigenvalue weighted by molar-refractivity contribution is 1.33. The van der Waals surface area contributed by atoms with E-state index in [9.17, 15) is 0 Å². The molecule has 0 aliphatic carbocycles. The minimum Gasteiger partial charge on any atom is -0.291 e. The van der Waals surface area contributed by atoms with E-state index in [0.29, 0.717) is 0 Å². The predicted molar refractivity (Wildman–Crippen MR) is 153 cm³/mol. The molecule has 0 bridgehead atoms. The SMILES string of the molecule is c1ccc2c(c1)nc1c3cc4c(cc3c3ccc5sc6ccccc6c5c3n21)sc1ccccc14. The topological polar surface area (TPSA) is 17.3 Å². The first-order chi connectivity index (χ1) is 17.3. The first-order valence-electron chi connectivity index (χ1n) is 11.7. The molecule has 4 aromatic heterocycles. The van der Waals surface area contributed by atoms with Crippen molar-refractivity contribution in [3.63, 3.8) is 0 Å². The van der Waals surface area contributed by atoms with E-state index in [0.717, 1.165) is 16.7 Å². The molecule has 0 aliphatic heterocycles. The average molecular weight is 481 g/mol. The van der Waals surface area contributed by atoms with Crippen molar-refractivity contribution in [2.45, 2.75) is 0 Å². The van der Waals surface area contributed by atoms with Gasteiger partial charge in [0.25, 0.3) is 0 Å². The summed E-state index contributed by atoms with van der Waals surface area (Å²) in [6.07, 6.45) is 0. The highest BCUT2D eigenvalue weighted by molar-refractivity contribution is 7.26. The van der Waals surface area contributed by atoms with Crippen molar-refractivity contribution < 1.29 is 0 Å². The maximum Gasteiger partial charge on any atom is 0.146 e. The van der Waals surface area contributed by atoms with Gasteiger partial charge in [0, 0.05) is 51.1 Å². The van der Waals surface area contributed by atoms with E-state index in [2.05, 4.69) is 101 Å². The highest BCUT2D eigenvalue weighted by atomic mass is 32.1. The summed E-state index contributed by atoms with van der Waals surface area (Å²) in [5, 5.41) is 9.05. The zero-order chi connectivity index (χ0) is 22.7. The van der Waals surface area contributed by atoms with Crippen LogP contribution in [0.5, 0.6) is 0 Å². The number of hydrogen-bond donors (Lipinski definition) is 0. The highest BCUT2D eigenvalue weighted by Gasteiger charge is 2.19.